The maximum Gasteiger partial charge on any atom is 0.231 e. The molecule has 1 aliphatic rings. The fourth-order valence-electron chi connectivity index (χ4n) is 2.07. The number of ether oxygens (including phenoxy) is 2. The molecule has 2 rings (SSSR count). The monoisotopic (exact) mass is 278 g/mol. The summed E-state index contributed by atoms with van der Waals surface area (Å²) in [5.41, 5.74) is 6.75. The van der Waals surface area contributed by atoms with Crippen LogP contribution in [-0.4, -0.2) is 24.8 Å². The molecule has 20 heavy (non-hydrogen) atoms. The molecule has 0 unspecified atom stereocenters. The van der Waals surface area contributed by atoms with Crippen molar-refractivity contribution < 1.29 is 14.3 Å². The Labute approximate surface area is 119 Å². The van der Waals surface area contributed by atoms with Crippen LogP contribution in [-0.2, 0) is 11.2 Å². The number of hydrogen-bond donors (Lipinski definition) is 2. The first-order valence-electron chi connectivity index (χ1n) is 7.00. The molecule has 1 aromatic rings. The van der Waals surface area contributed by atoms with Gasteiger partial charge in [-0.3, -0.25) is 4.79 Å². The Balaban J connectivity index is 1.89. The van der Waals surface area contributed by atoms with Crippen molar-refractivity contribution in [1.82, 2.24) is 5.32 Å². The van der Waals surface area contributed by atoms with Gasteiger partial charge in [-0.05, 0) is 30.5 Å². The van der Waals surface area contributed by atoms with Gasteiger partial charge in [0, 0.05) is 12.1 Å². The van der Waals surface area contributed by atoms with Crippen LogP contribution in [0.5, 0.6) is 11.5 Å². The molecule has 5 nitrogen and oxygen atoms in total. The molecule has 1 amide bonds. The number of rotatable bonds is 6. The van der Waals surface area contributed by atoms with E-state index in [0.717, 1.165) is 24.2 Å². The van der Waals surface area contributed by atoms with Crippen LogP contribution in [0.4, 0.5) is 0 Å². The van der Waals surface area contributed by atoms with Crippen molar-refractivity contribution in [2.24, 2.45) is 5.73 Å². The molecule has 0 spiro atoms. The highest BCUT2D eigenvalue weighted by Gasteiger charge is 2.21. The van der Waals surface area contributed by atoms with Crippen LogP contribution < -0.4 is 20.5 Å². The highest BCUT2D eigenvalue weighted by atomic mass is 16.7. The lowest BCUT2D eigenvalue weighted by molar-refractivity contribution is -0.120. The second-order valence-electron chi connectivity index (χ2n) is 5.21. The standard InChI is InChI=1S/C15H22N2O3/c1-3-15(16,4-2)9-17-14(18)8-11-5-6-12-13(7-11)20-10-19-12/h5-7H,3-4,8-10,16H2,1-2H3,(H,17,18). The van der Waals surface area contributed by atoms with Crippen LogP contribution in [0, 0.1) is 0 Å². The zero-order valence-corrected chi connectivity index (χ0v) is 12.1. The molecule has 0 radical (unpaired) electrons. The maximum absolute atomic E-state index is 12.0. The van der Waals surface area contributed by atoms with E-state index in [1.165, 1.54) is 0 Å². The summed E-state index contributed by atoms with van der Waals surface area (Å²) in [7, 11) is 0. The van der Waals surface area contributed by atoms with Crippen LogP contribution in [0.3, 0.4) is 0 Å². The molecule has 3 N–H and O–H groups in total. The van der Waals surface area contributed by atoms with E-state index in [1.807, 2.05) is 32.0 Å². The summed E-state index contributed by atoms with van der Waals surface area (Å²) in [5.74, 6) is 1.40. The topological polar surface area (TPSA) is 73.6 Å². The summed E-state index contributed by atoms with van der Waals surface area (Å²) in [6.45, 7) is 4.82. The number of nitrogens with one attached hydrogen (secondary N) is 1. The number of hydrogen-bond acceptors (Lipinski definition) is 4. The lowest BCUT2D eigenvalue weighted by atomic mass is 9.94. The molecule has 1 heterocycles. The Morgan fingerprint density at radius 2 is 2.00 bits per heavy atom. The van der Waals surface area contributed by atoms with Crippen molar-refractivity contribution in [3.63, 3.8) is 0 Å². The third-order valence-electron chi connectivity index (χ3n) is 3.85. The van der Waals surface area contributed by atoms with Crippen LogP contribution in [0.2, 0.25) is 0 Å². The van der Waals surface area contributed by atoms with E-state index >= 15 is 0 Å². The Morgan fingerprint density at radius 3 is 2.70 bits per heavy atom. The zero-order valence-electron chi connectivity index (χ0n) is 12.1. The van der Waals surface area contributed by atoms with Gasteiger partial charge in [0.2, 0.25) is 12.7 Å². The van der Waals surface area contributed by atoms with Gasteiger partial charge in [0.25, 0.3) is 0 Å². The van der Waals surface area contributed by atoms with Crippen molar-refractivity contribution in [2.75, 3.05) is 13.3 Å². The van der Waals surface area contributed by atoms with E-state index < -0.39 is 0 Å². The molecule has 0 atom stereocenters. The smallest absolute Gasteiger partial charge is 0.231 e. The summed E-state index contributed by atoms with van der Waals surface area (Å²) in [4.78, 5) is 12.0. The Hall–Kier alpha value is -1.75. The highest BCUT2D eigenvalue weighted by Crippen LogP contribution is 2.32. The van der Waals surface area contributed by atoms with E-state index in [1.54, 1.807) is 0 Å². The summed E-state index contributed by atoms with van der Waals surface area (Å²) < 4.78 is 10.5. The molecule has 0 aliphatic carbocycles. The zero-order chi connectivity index (χ0) is 14.6. The third-order valence-corrected chi connectivity index (χ3v) is 3.85. The second-order valence-corrected chi connectivity index (χ2v) is 5.21. The minimum atomic E-state index is -0.315. The number of carbonyl (C=O) groups excluding carboxylic acids is 1. The summed E-state index contributed by atoms with van der Waals surface area (Å²) in [5, 5.41) is 2.91. The molecule has 0 fully saturated rings. The molecule has 110 valence electrons. The highest BCUT2D eigenvalue weighted by molar-refractivity contribution is 5.78. The molecule has 0 aromatic heterocycles. The van der Waals surface area contributed by atoms with Gasteiger partial charge < -0.3 is 20.5 Å². The fraction of sp³-hybridized carbons (Fsp3) is 0.533. The average molecular weight is 278 g/mol. The lowest BCUT2D eigenvalue weighted by Crippen LogP contribution is -2.49. The predicted octanol–water partition coefficient (Wildman–Crippen LogP) is 1.59. The Bertz CT molecular complexity index is 484. The third kappa shape index (κ3) is 3.42. The molecule has 1 aliphatic heterocycles. The molecule has 0 saturated heterocycles. The van der Waals surface area contributed by atoms with Gasteiger partial charge >= 0.3 is 0 Å². The largest absolute Gasteiger partial charge is 0.454 e. The normalized spacial score (nSPS) is 13.3. The summed E-state index contributed by atoms with van der Waals surface area (Å²) in [6, 6.07) is 5.55. The van der Waals surface area contributed by atoms with Crippen molar-refractivity contribution in [1.29, 1.82) is 0 Å². The van der Waals surface area contributed by atoms with Gasteiger partial charge in [0.05, 0.1) is 6.42 Å². The number of carbonyl (C=O) groups is 1. The van der Waals surface area contributed by atoms with E-state index in [-0.39, 0.29) is 18.2 Å². The SMILES string of the molecule is CCC(N)(CC)CNC(=O)Cc1ccc2c(c1)OCO2. The van der Waals surface area contributed by atoms with Gasteiger partial charge in [-0.15, -0.1) is 0 Å². The van der Waals surface area contributed by atoms with Crippen LogP contribution in [0.1, 0.15) is 32.3 Å². The summed E-state index contributed by atoms with van der Waals surface area (Å²) >= 11 is 0. The fourth-order valence-corrected chi connectivity index (χ4v) is 2.07. The molecule has 5 heteroatoms. The van der Waals surface area contributed by atoms with Crippen molar-refractivity contribution in [3.8, 4) is 11.5 Å². The Kier molecular flexibility index (Phi) is 4.49. The van der Waals surface area contributed by atoms with Gasteiger partial charge in [-0.1, -0.05) is 19.9 Å². The first-order chi connectivity index (χ1) is 9.56. The molecule has 0 bridgehead atoms. The minimum Gasteiger partial charge on any atom is -0.454 e. The Morgan fingerprint density at radius 1 is 1.30 bits per heavy atom. The molecule has 1 aromatic carbocycles. The quantitative estimate of drug-likeness (QED) is 0.829. The first kappa shape index (κ1) is 14.7. The van der Waals surface area contributed by atoms with Gasteiger partial charge in [-0.2, -0.15) is 0 Å². The van der Waals surface area contributed by atoms with Gasteiger partial charge in [0.1, 0.15) is 0 Å². The van der Waals surface area contributed by atoms with Crippen molar-refractivity contribution >= 4 is 5.91 Å². The van der Waals surface area contributed by atoms with Gasteiger partial charge in [-0.25, -0.2) is 0 Å². The molecule has 0 saturated carbocycles. The first-order valence-corrected chi connectivity index (χ1v) is 7.00. The molecular weight excluding hydrogens is 256 g/mol. The number of amides is 1. The number of nitrogens with two attached hydrogens (primary N) is 1. The minimum absolute atomic E-state index is 0.0272. The average Bonchev–Trinajstić information content (AvgIpc) is 2.92. The van der Waals surface area contributed by atoms with Crippen molar-refractivity contribution in [3.05, 3.63) is 23.8 Å². The lowest BCUT2D eigenvalue weighted by Gasteiger charge is -2.26. The van der Waals surface area contributed by atoms with Crippen LogP contribution in [0.25, 0.3) is 0 Å². The van der Waals surface area contributed by atoms with E-state index in [4.69, 9.17) is 15.2 Å². The maximum atomic E-state index is 12.0. The second kappa shape index (κ2) is 6.13. The number of fused-ring (bicyclic) bond motifs is 1. The number of benzene rings is 1. The van der Waals surface area contributed by atoms with Crippen LogP contribution in [0.15, 0.2) is 18.2 Å². The summed E-state index contributed by atoms with van der Waals surface area (Å²) in [6.07, 6.45) is 2.00. The predicted molar refractivity (Wildman–Crippen MR) is 76.8 cm³/mol. The van der Waals surface area contributed by atoms with Crippen LogP contribution >= 0.6 is 0 Å². The molecular formula is C15H22N2O3. The van der Waals surface area contributed by atoms with E-state index in [0.29, 0.717) is 18.7 Å². The van der Waals surface area contributed by atoms with E-state index in [2.05, 4.69) is 5.32 Å². The van der Waals surface area contributed by atoms with E-state index in [9.17, 15) is 4.79 Å². The van der Waals surface area contributed by atoms with Gasteiger partial charge in [0.15, 0.2) is 11.5 Å². The van der Waals surface area contributed by atoms with Crippen molar-refractivity contribution in [2.45, 2.75) is 38.6 Å².